The molecule has 0 atom stereocenters. The molecule has 2 aromatic carbocycles. The van der Waals surface area contributed by atoms with Crippen molar-refractivity contribution in [2.24, 2.45) is 0 Å². The molecular weight excluding hydrogens is 384 g/mol. The van der Waals surface area contributed by atoms with Crippen molar-refractivity contribution in [2.75, 3.05) is 0 Å². The SMILES string of the molecule is CCCCCCCCCCCCCCC/C=C/CCCCCc1ccc2ccccc2c1. The summed E-state index contributed by atoms with van der Waals surface area (Å²) in [4.78, 5) is 0. The van der Waals surface area contributed by atoms with Gasteiger partial charge in [0.25, 0.3) is 0 Å². The highest BCUT2D eigenvalue weighted by Crippen LogP contribution is 2.18. The number of allylic oxidation sites excluding steroid dienone is 2. The third kappa shape index (κ3) is 13.1. The van der Waals surface area contributed by atoms with Crippen LogP contribution in [0.3, 0.4) is 0 Å². The Hall–Kier alpha value is -1.56. The van der Waals surface area contributed by atoms with E-state index in [2.05, 4.69) is 61.5 Å². The molecule has 0 heterocycles. The van der Waals surface area contributed by atoms with Gasteiger partial charge in [-0.05, 0) is 54.9 Å². The van der Waals surface area contributed by atoms with Crippen LogP contribution in [0.15, 0.2) is 54.6 Å². The predicted molar refractivity (Wildman–Crippen MR) is 146 cm³/mol. The standard InChI is InChI=1S/C32H50/c1-2-3-4-5-6-7-8-9-10-11-12-13-14-15-16-17-18-19-20-21-24-30-27-28-31-25-22-23-26-32(31)29-30/h16-17,22-23,25-29H,2-15,18-21,24H2,1H3/b17-16+. The molecule has 0 saturated heterocycles. The average molecular weight is 435 g/mol. The van der Waals surface area contributed by atoms with Gasteiger partial charge in [-0.2, -0.15) is 0 Å². The maximum atomic E-state index is 2.43. The topological polar surface area (TPSA) is 0 Å². The highest BCUT2D eigenvalue weighted by Gasteiger charge is 1.97. The summed E-state index contributed by atoms with van der Waals surface area (Å²) in [5, 5.41) is 2.73. The molecule has 0 amide bonds. The first-order valence-electron chi connectivity index (χ1n) is 14.0. The lowest BCUT2D eigenvalue weighted by Gasteiger charge is -2.04. The lowest BCUT2D eigenvalue weighted by molar-refractivity contribution is 0.540. The van der Waals surface area contributed by atoms with Crippen LogP contribution in [0, 0.1) is 0 Å². The van der Waals surface area contributed by atoms with Crippen LogP contribution >= 0.6 is 0 Å². The molecule has 0 aromatic heterocycles. The zero-order valence-corrected chi connectivity index (χ0v) is 21.1. The lowest BCUT2D eigenvalue weighted by atomic mass is 10.0. The Morgan fingerprint density at radius 2 is 1.00 bits per heavy atom. The Labute approximate surface area is 199 Å². The van der Waals surface area contributed by atoms with Gasteiger partial charge in [0.15, 0.2) is 0 Å². The summed E-state index contributed by atoms with van der Waals surface area (Å²) in [5.41, 5.74) is 1.49. The molecule has 0 spiro atoms. The quantitative estimate of drug-likeness (QED) is 0.143. The van der Waals surface area contributed by atoms with Crippen molar-refractivity contribution in [2.45, 2.75) is 129 Å². The Balaban J connectivity index is 1.32. The zero-order chi connectivity index (χ0) is 22.5. The molecule has 0 aliphatic carbocycles. The maximum absolute atomic E-state index is 2.43. The Morgan fingerprint density at radius 1 is 0.500 bits per heavy atom. The van der Waals surface area contributed by atoms with Crippen LogP contribution in [-0.2, 0) is 6.42 Å². The number of rotatable bonds is 20. The van der Waals surface area contributed by atoms with E-state index in [1.165, 1.54) is 138 Å². The van der Waals surface area contributed by atoms with Gasteiger partial charge in [-0.15, -0.1) is 0 Å². The third-order valence-electron chi connectivity index (χ3n) is 6.79. The van der Waals surface area contributed by atoms with Crippen LogP contribution in [0.4, 0.5) is 0 Å². The van der Waals surface area contributed by atoms with Crippen LogP contribution in [0.2, 0.25) is 0 Å². The van der Waals surface area contributed by atoms with Crippen molar-refractivity contribution in [1.29, 1.82) is 0 Å². The van der Waals surface area contributed by atoms with E-state index in [-0.39, 0.29) is 0 Å². The van der Waals surface area contributed by atoms with Crippen LogP contribution < -0.4 is 0 Å². The maximum Gasteiger partial charge on any atom is -0.0181 e. The molecule has 0 aliphatic rings. The van der Waals surface area contributed by atoms with Gasteiger partial charge in [0.1, 0.15) is 0 Å². The van der Waals surface area contributed by atoms with Crippen molar-refractivity contribution in [3.63, 3.8) is 0 Å². The van der Waals surface area contributed by atoms with Crippen molar-refractivity contribution in [3.8, 4) is 0 Å². The van der Waals surface area contributed by atoms with Crippen LogP contribution in [0.1, 0.15) is 128 Å². The molecule has 0 saturated carbocycles. The average Bonchev–Trinajstić information content (AvgIpc) is 2.82. The molecule has 0 heteroatoms. The smallest absolute Gasteiger partial charge is 0.0181 e. The summed E-state index contributed by atoms with van der Waals surface area (Å²) in [7, 11) is 0. The highest BCUT2D eigenvalue weighted by atomic mass is 14.0. The van der Waals surface area contributed by atoms with Crippen molar-refractivity contribution in [3.05, 3.63) is 60.2 Å². The fraction of sp³-hybridized carbons (Fsp3) is 0.625. The summed E-state index contributed by atoms with van der Waals surface area (Å²) < 4.78 is 0. The van der Waals surface area contributed by atoms with Crippen LogP contribution in [0.25, 0.3) is 10.8 Å². The number of hydrogen-bond donors (Lipinski definition) is 0. The molecule has 0 nitrogen and oxygen atoms in total. The van der Waals surface area contributed by atoms with Gasteiger partial charge in [-0.1, -0.05) is 145 Å². The molecular formula is C32H50. The number of unbranched alkanes of at least 4 members (excludes halogenated alkanes) is 16. The van der Waals surface area contributed by atoms with Crippen LogP contribution in [-0.4, -0.2) is 0 Å². The van der Waals surface area contributed by atoms with E-state index < -0.39 is 0 Å². The molecule has 0 fully saturated rings. The van der Waals surface area contributed by atoms with Crippen LogP contribution in [0.5, 0.6) is 0 Å². The molecule has 0 N–H and O–H groups in total. The Kier molecular flexibility index (Phi) is 15.8. The molecule has 0 radical (unpaired) electrons. The number of fused-ring (bicyclic) bond motifs is 1. The molecule has 2 aromatic rings. The van der Waals surface area contributed by atoms with Gasteiger partial charge < -0.3 is 0 Å². The second kappa shape index (κ2) is 19.0. The number of hydrogen-bond acceptors (Lipinski definition) is 0. The molecule has 2 rings (SSSR count). The molecule has 0 aliphatic heterocycles. The van der Waals surface area contributed by atoms with E-state index in [1.54, 1.807) is 0 Å². The van der Waals surface area contributed by atoms with Gasteiger partial charge in [0.05, 0.1) is 0 Å². The van der Waals surface area contributed by atoms with Crippen molar-refractivity contribution >= 4 is 10.8 Å². The van der Waals surface area contributed by atoms with Gasteiger partial charge in [-0.25, -0.2) is 0 Å². The van der Waals surface area contributed by atoms with Gasteiger partial charge >= 0.3 is 0 Å². The van der Waals surface area contributed by atoms with Crippen molar-refractivity contribution in [1.82, 2.24) is 0 Å². The number of benzene rings is 2. The second-order valence-corrected chi connectivity index (χ2v) is 9.78. The summed E-state index contributed by atoms with van der Waals surface area (Å²) in [5.74, 6) is 0. The van der Waals surface area contributed by atoms with E-state index >= 15 is 0 Å². The monoisotopic (exact) mass is 434 g/mol. The molecule has 32 heavy (non-hydrogen) atoms. The van der Waals surface area contributed by atoms with E-state index in [9.17, 15) is 0 Å². The predicted octanol–water partition coefficient (Wildman–Crippen LogP) is 11.0. The molecule has 0 unspecified atom stereocenters. The fourth-order valence-corrected chi connectivity index (χ4v) is 4.68. The normalized spacial score (nSPS) is 11.7. The summed E-state index contributed by atoms with van der Waals surface area (Å²) in [6.45, 7) is 2.30. The van der Waals surface area contributed by atoms with E-state index in [1.807, 2.05) is 0 Å². The van der Waals surface area contributed by atoms with Gasteiger partial charge in [0.2, 0.25) is 0 Å². The second-order valence-electron chi connectivity index (χ2n) is 9.78. The fourth-order valence-electron chi connectivity index (χ4n) is 4.68. The minimum atomic E-state index is 1.22. The number of aryl methyl sites for hydroxylation is 1. The van der Waals surface area contributed by atoms with Gasteiger partial charge in [-0.3, -0.25) is 0 Å². The largest absolute Gasteiger partial charge is 0.0885 e. The first-order chi connectivity index (χ1) is 15.9. The third-order valence-corrected chi connectivity index (χ3v) is 6.79. The zero-order valence-electron chi connectivity index (χ0n) is 21.1. The minimum absolute atomic E-state index is 1.22. The van der Waals surface area contributed by atoms with E-state index in [0.717, 1.165) is 0 Å². The first kappa shape index (κ1) is 26.7. The lowest BCUT2D eigenvalue weighted by Crippen LogP contribution is -1.86. The van der Waals surface area contributed by atoms with E-state index in [4.69, 9.17) is 0 Å². The summed E-state index contributed by atoms with van der Waals surface area (Å²) in [6, 6.07) is 15.6. The van der Waals surface area contributed by atoms with E-state index in [0.29, 0.717) is 0 Å². The first-order valence-corrected chi connectivity index (χ1v) is 14.0. The van der Waals surface area contributed by atoms with Crippen molar-refractivity contribution < 1.29 is 0 Å². The Morgan fingerprint density at radius 3 is 1.59 bits per heavy atom. The van der Waals surface area contributed by atoms with Gasteiger partial charge in [0, 0.05) is 0 Å². The Bertz CT molecular complexity index is 711. The molecule has 178 valence electrons. The summed E-state index contributed by atoms with van der Waals surface area (Å²) in [6.07, 6.45) is 31.4. The minimum Gasteiger partial charge on any atom is -0.0885 e. The summed E-state index contributed by atoms with van der Waals surface area (Å²) >= 11 is 0. The molecule has 0 bridgehead atoms. The highest BCUT2D eigenvalue weighted by molar-refractivity contribution is 5.82.